The SMILES string of the molecule is O=C(Oc1ccc(/C=N/NC(=S)Nc2ccccc2)cc1)c1cccc2ccccc12. The lowest BCUT2D eigenvalue weighted by molar-refractivity contribution is 0.0737. The molecule has 31 heavy (non-hydrogen) atoms. The van der Waals surface area contributed by atoms with Crippen LogP contribution < -0.4 is 15.5 Å². The Balaban J connectivity index is 1.35. The van der Waals surface area contributed by atoms with Crippen molar-refractivity contribution < 1.29 is 9.53 Å². The van der Waals surface area contributed by atoms with Gasteiger partial charge in [-0.1, -0.05) is 54.6 Å². The van der Waals surface area contributed by atoms with Gasteiger partial charge in [0.1, 0.15) is 5.75 Å². The summed E-state index contributed by atoms with van der Waals surface area (Å²) in [5.74, 6) is 0.0709. The first-order chi connectivity index (χ1) is 15.2. The Morgan fingerprint density at radius 3 is 2.35 bits per heavy atom. The minimum atomic E-state index is -0.391. The second-order valence-corrected chi connectivity index (χ2v) is 7.08. The maximum atomic E-state index is 12.6. The Labute approximate surface area is 185 Å². The summed E-state index contributed by atoms with van der Waals surface area (Å²) in [7, 11) is 0. The topological polar surface area (TPSA) is 62.7 Å². The molecule has 0 bridgehead atoms. The second-order valence-electron chi connectivity index (χ2n) is 6.68. The molecule has 152 valence electrons. The number of nitrogens with zero attached hydrogens (tertiary/aromatic N) is 1. The Morgan fingerprint density at radius 2 is 1.55 bits per heavy atom. The van der Waals surface area contributed by atoms with Crippen LogP contribution in [-0.4, -0.2) is 17.3 Å². The highest BCUT2D eigenvalue weighted by Crippen LogP contribution is 2.21. The highest BCUT2D eigenvalue weighted by Gasteiger charge is 2.12. The van der Waals surface area contributed by atoms with Crippen molar-refractivity contribution in [3.63, 3.8) is 0 Å². The van der Waals surface area contributed by atoms with Crippen molar-refractivity contribution in [3.05, 3.63) is 108 Å². The lowest BCUT2D eigenvalue weighted by Crippen LogP contribution is -2.23. The smallest absolute Gasteiger partial charge is 0.344 e. The van der Waals surface area contributed by atoms with E-state index in [9.17, 15) is 4.79 Å². The van der Waals surface area contributed by atoms with Gasteiger partial charge in [-0.05, 0) is 71.0 Å². The lowest BCUT2D eigenvalue weighted by Gasteiger charge is -2.08. The third kappa shape index (κ3) is 5.32. The number of hydrogen-bond acceptors (Lipinski definition) is 4. The third-order valence-corrected chi connectivity index (χ3v) is 4.70. The van der Waals surface area contributed by atoms with Crippen LogP contribution in [-0.2, 0) is 0 Å². The van der Waals surface area contributed by atoms with Gasteiger partial charge < -0.3 is 10.1 Å². The summed E-state index contributed by atoms with van der Waals surface area (Å²) in [5, 5.41) is 9.41. The molecular weight excluding hydrogens is 406 g/mol. The Morgan fingerprint density at radius 1 is 0.839 bits per heavy atom. The third-order valence-electron chi connectivity index (χ3n) is 4.51. The summed E-state index contributed by atoms with van der Waals surface area (Å²) in [6, 6.07) is 30.0. The van der Waals surface area contributed by atoms with E-state index in [1.807, 2.05) is 78.9 Å². The average Bonchev–Trinajstić information content (AvgIpc) is 2.80. The maximum absolute atomic E-state index is 12.6. The van der Waals surface area contributed by atoms with Gasteiger partial charge in [0, 0.05) is 5.69 Å². The molecule has 0 saturated heterocycles. The zero-order valence-corrected chi connectivity index (χ0v) is 17.3. The molecule has 0 radical (unpaired) electrons. The summed E-state index contributed by atoms with van der Waals surface area (Å²) < 4.78 is 5.54. The van der Waals surface area contributed by atoms with E-state index in [1.54, 1.807) is 24.4 Å². The molecule has 0 aliphatic heterocycles. The van der Waals surface area contributed by atoms with Crippen molar-refractivity contribution in [2.75, 3.05) is 5.32 Å². The fourth-order valence-electron chi connectivity index (χ4n) is 3.03. The Hall–Kier alpha value is -4.03. The molecule has 5 nitrogen and oxygen atoms in total. The number of rotatable bonds is 5. The number of hydrazone groups is 1. The molecule has 2 N–H and O–H groups in total. The van der Waals surface area contributed by atoms with E-state index < -0.39 is 5.97 Å². The summed E-state index contributed by atoms with van der Waals surface area (Å²) >= 11 is 5.21. The largest absolute Gasteiger partial charge is 0.423 e. The van der Waals surface area contributed by atoms with Gasteiger partial charge >= 0.3 is 5.97 Å². The average molecular weight is 426 g/mol. The summed E-state index contributed by atoms with van der Waals surface area (Å²) in [6.07, 6.45) is 1.63. The van der Waals surface area contributed by atoms with E-state index >= 15 is 0 Å². The van der Waals surface area contributed by atoms with Crippen molar-refractivity contribution in [1.82, 2.24) is 5.43 Å². The van der Waals surface area contributed by atoms with Crippen molar-refractivity contribution in [3.8, 4) is 5.75 Å². The predicted octanol–water partition coefficient (Wildman–Crippen LogP) is 5.38. The summed E-state index contributed by atoms with van der Waals surface area (Å²) in [5.41, 5.74) is 5.02. The number of thiocarbonyl (C=S) groups is 1. The first-order valence-corrected chi connectivity index (χ1v) is 10.0. The molecule has 0 saturated carbocycles. The van der Waals surface area contributed by atoms with Gasteiger partial charge in [0.05, 0.1) is 11.8 Å². The van der Waals surface area contributed by atoms with Gasteiger partial charge in [0.2, 0.25) is 0 Å². The van der Waals surface area contributed by atoms with E-state index in [0.717, 1.165) is 22.0 Å². The van der Waals surface area contributed by atoms with Crippen LogP contribution in [0.5, 0.6) is 5.75 Å². The van der Waals surface area contributed by atoms with Gasteiger partial charge in [-0.2, -0.15) is 5.10 Å². The summed E-state index contributed by atoms with van der Waals surface area (Å²) in [6.45, 7) is 0. The number of esters is 1. The first-order valence-electron chi connectivity index (χ1n) is 9.64. The number of ether oxygens (including phenoxy) is 1. The summed E-state index contributed by atoms with van der Waals surface area (Å²) in [4.78, 5) is 12.6. The minimum absolute atomic E-state index is 0.391. The zero-order valence-electron chi connectivity index (χ0n) is 16.5. The molecule has 0 aromatic heterocycles. The molecule has 0 heterocycles. The van der Waals surface area contributed by atoms with Crippen molar-refractivity contribution >= 4 is 46.0 Å². The molecule has 4 aromatic rings. The van der Waals surface area contributed by atoms with Crippen molar-refractivity contribution in [2.24, 2.45) is 5.10 Å². The van der Waals surface area contributed by atoms with Crippen LogP contribution >= 0.6 is 12.2 Å². The van der Waals surface area contributed by atoms with E-state index in [4.69, 9.17) is 17.0 Å². The van der Waals surface area contributed by atoms with Gasteiger partial charge in [0.25, 0.3) is 0 Å². The van der Waals surface area contributed by atoms with Gasteiger partial charge in [-0.3, -0.25) is 5.43 Å². The monoisotopic (exact) mass is 425 g/mol. The van der Waals surface area contributed by atoms with E-state index in [2.05, 4.69) is 15.8 Å². The number of benzene rings is 4. The molecule has 0 aliphatic carbocycles. The van der Waals surface area contributed by atoms with Crippen molar-refractivity contribution in [2.45, 2.75) is 0 Å². The lowest BCUT2D eigenvalue weighted by atomic mass is 10.0. The fraction of sp³-hybridized carbons (Fsp3) is 0. The van der Waals surface area contributed by atoms with Gasteiger partial charge in [-0.25, -0.2) is 4.79 Å². The highest BCUT2D eigenvalue weighted by molar-refractivity contribution is 7.80. The number of nitrogens with one attached hydrogen (secondary N) is 2. The molecule has 6 heteroatoms. The molecule has 0 amide bonds. The molecule has 0 spiro atoms. The number of carbonyl (C=O) groups excluding carboxylic acids is 1. The van der Waals surface area contributed by atoms with Crippen LogP contribution in [0.4, 0.5) is 5.69 Å². The maximum Gasteiger partial charge on any atom is 0.344 e. The number of para-hydroxylation sites is 1. The van der Waals surface area contributed by atoms with Crippen LogP contribution in [0.25, 0.3) is 10.8 Å². The Bertz CT molecular complexity index is 1230. The first kappa shape index (κ1) is 20.3. The quantitative estimate of drug-likeness (QED) is 0.148. The van der Waals surface area contributed by atoms with E-state index in [0.29, 0.717) is 16.4 Å². The molecule has 0 atom stereocenters. The van der Waals surface area contributed by atoms with Crippen LogP contribution in [0.3, 0.4) is 0 Å². The van der Waals surface area contributed by atoms with Gasteiger partial charge in [0.15, 0.2) is 5.11 Å². The molecular formula is C25H19N3O2S. The van der Waals surface area contributed by atoms with Crippen LogP contribution in [0.1, 0.15) is 15.9 Å². The van der Waals surface area contributed by atoms with Crippen LogP contribution in [0.15, 0.2) is 102 Å². The van der Waals surface area contributed by atoms with Crippen molar-refractivity contribution in [1.29, 1.82) is 0 Å². The van der Waals surface area contributed by atoms with E-state index in [1.165, 1.54) is 0 Å². The standard InChI is InChI=1S/C25H19N3O2S/c29-24(23-12-6-8-19-7-4-5-11-22(19)23)30-21-15-13-18(14-16-21)17-26-28-25(31)27-20-9-2-1-3-10-20/h1-17H,(H2,27,28,31)/b26-17+. The number of fused-ring (bicyclic) bond motifs is 1. The number of anilines is 1. The van der Waals surface area contributed by atoms with Crippen LogP contribution in [0, 0.1) is 0 Å². The molecule has 4 rings (SSSR count). The zero-order chi connectivity index (χ0) is 21.5. The Kier molecular flexibility index (Phi) is 6.30. The number of hydrogen-bond donors (Lipinski definition) is 2. The second kappa shape index (κ2) is 9.65. The number of carbonyl (C=O) groups is 1. The molecule has 0 aliphatic rings. The molecule has 0 unspecified atom stereocenters. The molecule has 4 aromatic carbocycles. The normalized spacial score (nSPS) is 10.7. The van der Waals surface area contributed by atoms with E-state index in [-0.39, 0.29) is 0 Å². The molecule has 0 fully saturated rings. The van der Waals surface area contributed by atoms with Crippen LogP contribution in [0.2, 0.25) is 0 Å². The predicted molar refractivity (Wildman–Crippen MR) is 129 cm³/mol. The van der Waals surface area contributed by atoms with Gasteiger partial charge in [-0.15, -0.1) is 0 Å². The fourth-order valence-corrected chi connectivity index (χ4v) is 3.20. The highest BCUT2D eigenvalue weighted by atomic mass is 32.1. The minimum Gasteiger partial charge on any atom is -0.423 e.